The number of amides is 3. The van der Waals surface area contributed by atoms with Crippen LogP contribution in [0.25, 0.3) is 0 Å². The molecule has 1 saturated carbocycles. The third-order valence-electron chi connectivity index (χ3n) is 7.41. The fraction of sp³-hybridized carbons (Fsp3) is 0.375. The molecule has 0 bridgehead atoms. The molecule has 8 heteroatoms. The standard InChI is InChI=1S/C32H37ClN4O3/c1-22-14-19-27(21-23(22)2)37(30(39)13-8-12-29(38)36-28-11-6-7-20-34-28)31(24-15-17-25(33)18-16-24)32(40)35-26-9-4-3-5-10-26/h6-7,11,14-21,26,31H,3-5,8-10,12-13H2,1-2H3,(H,35,40)(H,34,36,38)/t31-/m1/s1. The molecular formula is C32H37ClN4O3. The molecule has 3 aromatic rings. The van der Waals surface area contributed by atoms with E-state index in [0.29, 0.717) is 28.5 Å². The summed E-state index contributed by atoms with van der Waals surface area (Å²) < 4.78 is 0. The number of carbonyl (C=O) groups excluding carboxylic acids is 3. The van der Waals surface area contributed by atoms with E-state index in [0.717, 1.165) is 36.8 Å². The normalized spacial score (nSPS) is 14.3. The van der Waals surface area contributed by atoms with Crippen molar-refractivity contribution in [1.29, 1.82) is 0 Å². The molecule has 0 spiro atoms. The number of nitrogens with one attached hydrogen (secondary N) is 2. The molecule has 40 heavy (non-hydrogen) atoms. The second-order valence-corrected chi connectivity index (χ2v) is 10.9. The minimum absolute atomic E-state index is 0.0862. The van der Waals surface area contributed by atoms with E-state index in [9.17, 15) is 14.4 Å². The molecule has 1 aliphatic carbocycles. The van der Waals surface area contributed by atoms with Crippen molar-refractivity contribution < 1.29 is 14.4 Å². The van der Waals surface area contributed by atoms with Gasteiger partial charge in [-0.3, -0.25) is 19.3 Å². The van der Waals surface area contributed by atoms with E-state index in [2.05, 4.69) is 15.6 Å². The molecule has 4 rings (SSSR count). The number of aryl methyl sites for hydroxylation is 2. The topological polar surface area (TPSA) is 91.4 Å². The average Bonchev–Trinajstić information content (AvgIpc) is 2.95. The number of hydrogen-bond donors (Lipinski definition) is 2. The van der Waals surface area contributed by atoms with Crippen molar-refractivity contribution in [1.82, 2.24) is 10.3 Å². The van der Waals surface area contributed by atoms with Gasteiger partial charge in [0.1, 0.15) is 11.9 Å². The van der Waals surface area contributed by atoms with Gasteiger partial charge in [0.05, 0.1) is 0 Å². The van der Waals surface area contributed by atoms with Crippen LogP contribution in [0.2, 0.25) is 5.02 Å². The van der Waals surface area contributed by atoms with Gasteiger partial charge in [-0.1, -0.05) is 55.1 Å². The van der Waals surface area contributed by atoms with Crippen LogP contribution in [0.15, 0.2) is 66.9 Å². The third kappa shape index (κ3) is 7.92. The maximum Gasteiger partial charge on any atom is 0.248 e. The van der Waals surface area contributed by atoms with E-state index < -0.39 is 6.04 Å². The number of pyridine rings is 1. The number of rotatable bonds is 10. The van der Waals surface area contributed by atoms with Gasteiger partial charge in [0, 0.05) is 35.8 Å². The molecule has 2 aromatic carbocycles. The van der Waals surface area contributed by atoms with Gasteiger partial charge in [0.25, 0.3) is 0 Å². The summed E-state index contributed by atoms with van der Waals surface area (Å²) in [5, 5.41) is 6.54. The summed E-state index contributed by atoms with van der Waals surface area (Å²) in [7, 11) is 0. The fourth-order valence-electron chi connectivity index (χ4n) is 5.06. The maximum absolute atomic E-state index is 13.9. The van der Waals surface area contributed by atoms with Crippen molar-refractivity contribution in [2.24, 2.45) is 0 Å². The highest BCUT2D eigenvalue weighted by Crippen LogP contribution is 2.32. The molecule has 7 nitrogen and oxygen atoms in total. The summed E-state index contributed by atoms with van der Waals surface area (Å²) in [5.74, 6) is -0.187. The first-order valence-electron chi connectivity index (χ1n) is 14.0. The first-order valence-corrected chi connectivity index (χ1v) is 14.4. The number of halogens is 1. The molecule has 210 valence electrons. The Balaban J connectivity index is 1.59. The lowest BCUT2D eigenvalue weighted by atomic mass is 9.94. The molecule has 0 aliphatic heterocycles. The molecule has 3 amide bonds. The average molecular weight is 561 g/mol. The maximum atomic E-state index is 13.9. The third-order valence-corrected chi connectivity index (χ3v) is 7.66. The Morgan fingerprint density at radius 1 is 0.950 bits per heavy atom. The van der Waals surface area contributed by atoms with Gasteiger partial charge < -0.3 is 10.6 Å². The predicted molar refractivity (Wildman–Crippen MR) is 159 cm³/mol. The second-order valence-electron chi connectivity index (χ2n) is 10.4. The van der Waals surface area contributed by atoms with E-state index in [4.69, 9.17) is 11.6 Å². The highest BCUT2D eigenvalue weighted by atomic mass is 35.5. The van der Waals surface area contributed by atoms with Crippen LogP contribution in [-0.2, 0) is 14.4 Å². The number of carbonyl (C=O) groups is 3. The molecule has 1 heterocycles. The van der Waals surface area contributed by atoms with Crippen LogP contribution in [-0.4, -0.2) is 28.7 Å². The minimum atomic E-state index is -0.879. The molecule has 1 atom stereocenters. The summed E-state index contributed by atoms with van der Waals surface area (Å²) in [5.41, 5.74) is 3.44. The molecule has 1 fully saturated rings. The zero-order valence-electron chi connectivity index (χ0n) is 23.2. The Kier molecular flexibility index (Phi) is 10.3. The number of benzene rings is 2. The SMILES string of the molecule is Cc1ccc(N(C(=O)CCCC(=O)Nc2ccccn2)[C@@H](C(=O)NC2CCCCC2)c2ccc(Cl)cc2)cc1C. The summed E-state index contributed by atoms with van der Waals surface area (Å²) in [6.07, 6.45) is 7.39. The summed E-state index contributed by atoms with van der Waals surface area (Å²) in [6.45, 7) is 4.00. The first-order chi connectivity index (χ1) is 19.3. The molecule has 0 saturated heterocycles. The Labute approximate surface area is 241 Å². The van der Waals surface area contributed by atoms with E-state index in [1.807, 2.05) is 32.0 Å². The number of hydrogen-bond acceptors (Lipinski definition) is 4. The zero-order chi connectivity index (χ0) is 28.5. The minimum Gasteiger partial charge on any atom is -0.351 e. The van der Waals surface area contributed by atoms with Crippen LogP contribution in [0.5, 0.6) is 0 Å². The second kappa shape index (κ2) is 14.1. The van der Waals surface area contributed by atoms with E-state index in [-0.39, 0.29) is 36.6 Å². The zero-order valence-corrected chi connectivity index (χ0v) is 23.9. The van der Waals surface area contributed by atoms with Crippen LogP contribution < -0.4 is 15.5 Å². The Morgan fingerprint density at radius 2 is 1.70 bits per heavy atom. The number of nitrogens with zero attached hydrogens (tertiary/aromatic N) is 2. The van der Waals surface area contributed by atoms with Crippen LogP contribution in [0.1, 0.15) is 74.1 Å². The van der Waals surface area contributed by atoms with Crippen LogP contribution in [0.4, 0.5) is 11.5 Å². The first kappa shape index (κ1) is 29.3. The van der Waals surface area contributed by atoms with Crippen LogP contribution >= 0.6 is 11.6 Å². The fourth-order valence-corrected chi connectivity index (χ4v) is 5.19. The summed E-state index contributed by atoms with van der Waals surface area (Å²) in [4.78, 5) is 46.1. The van der Waals surface area contributed by atoms with Gasteiger partial charge in [0.15, 0.2) is 0 Å². The van der Waals surface area contributed by atoms with Crippen molar-refractivity contribution in [3.8, 4) is 0 Å². The molecule has 0 unspecified atom stereocenters. The Hall–Kier alpha value is -3.71. The monoisotopic (exact) mass is 560 g/mol. The van der Waals surface area contributed by atoms with Crippen molar-refractivity contribution >= 4 is 40.8 Å². The molecule has 0 radical (unpaired) electrons. The smallest absolute Gasteiger partial charge is 0.248 e. The lowest BCUT2D eigenvalue weighted by Crippen LogP contribution is -2.47. The van der Waals surface area contributed by atoms with Crippen LogP contribution in [0.3, 0.4) is 0 Å². The number of anilines is 2. The molecule has 1 aliphatic rings. The molecule has 2 N–H and O–H groups in total. The van der Waals surface area contributed by atoms with Gasteiger partial charge in [-0.05, 0) is 86.2 Å². The molecule has 1 aromatic heterocycles. The highest BCUT2D eigenvalue weighted by Gasteiger charge is 2.34. The van der Waals surface area contributed by atoms with E-state index >= 15 is 0 Å². The Bertz CT molecular complexity index is 1310. The Morgan fingerprint density at radius 3 is 2.38 bits per heavy atom. The van der Waals surface area contributed by atoms with Gasteiger partial charge >= 0.3 is 0 Å². The highest BCUT2D eigenvalue weighted by molar-refractivity contribution is 6.30. The van der Waals surface area contributed by atoms with Crippen molar-refractivity contribution in [3.63, 3.8) is 0 Å². The lowest BCUT2D eigenvalue weighted by Gasteiger charge is -2.34. The van der Waals surface area contributed by atoms with Crippen molar-refractivity contribution in [3.05, 3.63) is 88.6 Å². The summed E-state index contributed by atoms with van der Waals surface area (Å²) >= 11 is 6.18. The van der Waals surface area contributed by atoms with E-state index in [1.54, 1.807) is 53.6 Å². The van der Waals surface area contributed by atoms with Gasteiger partial charge in [-0.25, -0.2) is 4.98 Å². The summed E-state index contributed by atoms with van der Waals surface area (Å²) in [6, 6.07) is 17.4. The number of aromatic nitrogens is 1. The quantitative estimate of drug-likeness (QED) is 0.289. The molecular weight excluding hydrogens is 524 g/mol. The predicted octanol–water partition coefficient (Wildman–Crippen LogP) is 6.68. The largest absolute Gasteiger partial charge is 0.351 e. The van der Waals surface area contributed by atoms with Gasteiger partial charge in [-0.2, -0.15) is 0 Å². The van der Waals surface area contributed by atoms with E-state index in [1.165, 1.54) is 6.42 Å². The van der Waals surface area contributed by atoms with Crippen molar-refractivity contribution in [2.45, 2.75) is 77.3 Å². The van der Waals surface area contributed by atoms with Gasteiger partial charge in [-0.15, -0.1) is 0 Å². The van der Waals surface area contributed by atoms with Crippen LogP contribution in [0, 0.1) is 13.8 Å². The van der Waals surface area contributed by atoms with Gasteiger partial charge in [0.2, 0.25) is 17.7 Å². The van der Waals surface area contributed by atoms with Crippen molar-refractivity contribution in [2.75, 3.05) is 10.2 Å². The lowest BCUT2D eigenvalue weighted by molar-refractivity contribution is -0.127.